The van der Waals surface area contributed by atoms with Gasteiger partial charge in [-0.3, -0.25) is 4.98 Å². The maximum Gasteiger partial charge on any atom is 0.168 e. The zero-order chi connectivity index (χ0) is 13.2. The summed E-state index contributed by atoms with van der Waals surface area (Å²) in [7, 11) is 0. The van der Waals surface area contributed by atoms with Crippen LogP contribution in [0, 0.1) is 11.3 Å². The van der Waals surface area contributed by atoms with Gasteiger partial charge in [0, 0.05) is 12.4 Å². The maximum absolute atomic E-state index is 8.23. The summed E-state index contributed by atoms with van der Waals surface area (Å²) in [5.74, 6) is 5.18. The van der Waals surface area contributed by atoms with Crippen LogP contribution in [0.3, 0.4) is 0 Å². The Morgan fingerprint density at radius 2 is 1.78 bits per heavy atom. The van der Waals surface area contributed by atoms with Gasteiger partial charge in [-0.1, -0.05) is 12.1 Å². The number of pyridine rings is 2. The van der Waals surface area contributed by atoms with Gasteiger partial charge in [-0.2, -0.15) is 10.4 Å². The molecule has 0 radical (unpaired) electrons. The van der Waals surface area contributed by atoms with Crippen LogP contribution in [-0.2, 0) is 0 Å². The molecule has 0 amide bonds. The van der Waals surface area contributed by atoms with Crippen LogP contribution in [0.15, 0.2) is 53.9 Å². The monoisotopic (exact) mass is 240 g/mol. The van der Waals surface area contributed by atoms with E-state index in [0.29, 0.717) is 11.4 Å². The van der Waals surface area contributed by atoms with Crippen LogP contribution in [0.25, 0.3) is 0 Å². The molecule has 2 rings (SSSR count). The zero-order valence-electron chi connectivity index (χ0n) is 9.56. The number of nitrogens with two attached hydrogens (primary N) is 2. The van der Waals surface area contributed by atoms with Crippen LogP contribution in [-0.4, -0.2) is 15.8 Å². The van der Waals surface area contributed by atoms with Gasteiger partial charge in [-0.05, 0) is 24.3 Å². The molecule has 0 aliphatic rings. The summed E-state index contributed by atoms with van der Waals surface area (Å²) in [6.45, 7) is 0. The third kappa shape index (κ3) is 4.28. The quantitative estimate of drug-likeness (QED) is 0.328. The van der Waals surface area contributed by atoms with Crippen molar-refractivity contribution >= 4 is 5.84 Å². The number of amidine groups is 1. The first-order chi connectivity index (χ1) is 8.77. The Bertz CT molecular complexity index is 529. The van der Waals surface area contributed by atoms with Crippen molar-refractivity contribution in [1.82, 2.24) is 9.97 Å². The molecule has 0 aliphatic carbocycles. The lowest BCUT2D eigenvalue weighted by Gasteiger charge is -1.94. The molecule has 0 unspecified atom stereocenters. The van der Waals surface area contributed by atoms with E-state index in [1.807, 2.05) is 12.1 Å². The average Bonchev–Trinajstić information content (AvgIpc) is 2.49. The summed E-state index contributed by atoms with van der Waals surface area (Å²) in [5.41, 5.74) is 6.42. The normalized spacial score (nSPS) is 9.83. The standard InChI is InChI=1S/C6H8N4.C6H4N2/c7-6(10-8)5-3-1-2-4-9-5;7-5-6-3-1-2-4-8-6/h1-4H,8H2,(H2,7,10);1-4H. The number of rotatable bonds is 1. The van der Waals surface area contributed by atoms with Crippen molar-refractivity contribution in [3.8, 4) is 6.07 Å². The fraction of sp³-hybridized carbons (Fsp3) is 0. The van der Waals surface area contributed by atoms with Crippen LogP contribution >= 0.6 is 0 Å². The van der Waals surface area contributed by atoms with Crippen molar-refractivity contribution in [3.05, 3.63) is 60.2 Å². The SMILES string of the molecule is N#Cc1ccccn1.NN=C(N)c1ccccn1. The van der Waals surface area contributed by atoms with E-state index in [4.69, 9.17) is 16.8 Å². The molecule has 0 spiro atoms. The molecule has 4 N–H and O–H groups in total. The number of nitrogens with zero attached hydrogens (tertiary/aromatic N) is 4. The second-order valence-electron chi connectivity index (χ2n) is 3.06. The van der Waals surface area contributed by atoms with Crippen molar-refractivity contribution in [2.24, 2.45) is 16.7 Å². The molecule has 6 heteroatoms. The van der Waals surface area contributed by atoms with Crippen LogP contribution < -0.4 is 11.6 Å². The molecule has 2 heterocycles. The van der Waals surface area contributed by atoms with E-state index in [9.17, 15) is 0 Å². The molecule has 0 atom stereocenters. The van der Waals surface area contributed by atoms with Gasteiger partial charge in [0.2, 0.25) is 0 Å². The molecule has 0 aromatic carbocycles. The van der Waals surface area contributed by atoms with Gasteiger partial charge in [-0.15, -0.1) is 0 Å². The minimum atomic E-state index is 0.251. The Balaban J connectivity index is 0.000000184. The molecular weight excluding hydrogens is 228 g/mol. The van der Waals surface area contributed by atoms with Crippen molar-refractivity contribution in [1.29, 1.82) is 5.26 Å². The third-order valence-corrected chi connectivity index (χ3v) is 1.85. The van der Waals surface area contributed by atoms with E-state index in [1.165, 1.54) is 0 Å². The highest BCUT2D eigenvalue weighted by Gasteiger charge is 1.94. The van der Waals surface area contributed by atoms with E-state index in [2.05, 4.69) is 15.1 Å². The Morgan fingerprint density at radius 3 is 2.17 bits per heavy atom. The molecule has 0 aliphatic heterocycles. The summed E-state index contributed by atoms with van der Waals surface area (Å²) < 4.78 is 0. The smallest absolute Gasteiger partial charge is 0.168 e. The number of hydrazone groups is 1. The minimum absolute atomic E-state index is 0.251. The highest BCUT2D eigenvalue weighted by Crippen LogP contribution is 1.90. The van der Waals surface area contributed by atoms with Gasteiger partial charge in [0.05, 0.1) is 0 Å². The number of hydrogen-bond acceptors (Lipinski definition) is 5. The summed E-state index contributed by atoms with van der Waals surface area (Å²) in [4.78, 5) is 7.65. The maximum atomic E-state index is 8.23. The predicted octanol–water partition coefficient (Wildman–Crippen LogP) is 0.614. The van der Waals surface area contributed by atoms with Crippen molar-refractivity contribution < 1.29 is 0 Å². The van der Waals surface area contributed by atoms with Crippen molar-refractivity contribution in [2.75, 3.05) is 0 Å². The zero-order valence-corrected chi connectivity index (χ0v) is 9.56. The summed E-state index contributed by atoms with van der Waals surface area (Å²) >= 11 is 0. The number of nitriles is 1. The first-order valence-corrected chi connectivity index (χ1v) is 5.04. The molecule has 18 heavy (non-hydrogen) atoms. The molecule has 0 fully saturated rings. The molecular formula is C12H12N6. The minimum Gasteiger partial charge on any atom is -0.380 e. The molecule has 0 bridgehead atoms. The fourth-order valence-corrected chi connectivity index (χ4v) is 1.01. The lowest BCUT2D eigenvalue weighted by Crippen LogP contribution is -2.16. The molecule has 2 aromatic rings. The van der Waals surface area contributed by atoms with Gasteiger partial charge < -0.3 is 11.6 Å². The van der Waals surface area contributed by atoms with E-state index >= 15 is 0 Å². The molecule has 6 nitrogen and oxygen atoms in total. The second-order valence-corrected chi connectivity index (χ2v) is 3.06. The second kappa shape index (κ2) is 7.35. The Hall–Kier alpha value is -2.94. The molecule has 90 valence electrons. The van der Waals surface area contributed by atoms with Gasteiger partial charge in [0.1, 0.15) is 17.5 Å². The van der Waals surface area contributed by atoms with Crippen LogP contribution in [0.2, 0.25) is 0 Å². The number of hydrogen-bond donors (Lipinski definition) is 2. The third-order valence-electron chi connectivity index (χ3n) is 1.85. The van der Waals surface area contributed by atoms with Gasteiger partial charge in [0.25, 0.3) is 0 Å². The largest absolute Gasteiger partial charge is 0.380 e. The van der Waals surface area contributed by atoms with Gasteiger partial charge >= 0.3 is 0 Å². The van der Waals surface area contributed by atoms with Gasteiger partial charge in [-0.25, -0.2) is 4.98 Å². The summed E-state index contributed by atoms with van der Waals surface area (Å²) in [6, 6.07) is 12.5. The lowest BCUT2D eigenvalue weighted by atomic mass is 10.3. The average molecular weight is 240 g/mol. The summed E-state index contributed by atoms with van der Waals surface area (Å²) in [5, 5.41) is 11.5. The summed E-state index contributed by atoms with van der Waals surface area (Å²) in [6.07, 6.45) is 3.23. The Labute approximate surface area is 105 Å². The highest BCUT2D eigenvalue weighted by molar-refractivity contribution is 5.95. The van der Waals surface area contributed by atoms with E-state index in [1.54, 1.807) is 42.7 Å². The molecule has 0 saturated heterocycles. The van der Waals surface area contributed by atoms with Crippen LogP contribution in [0.4, 0.5) is 0 Å². The first-order valence-electron chi connectivity index (χ1n) is 5.04. The van der Waals surface area contributed by atoms with Crippen molar-refractivity contribution in [3.63, 3.8) is 0 Å². The predicted molar refractivity (Wildman–Crippen MR) is 68.1 cm³/mol. The molecule has 2 aromatic heterocycles. The fourth-order valence-electron chi connectivity index (χ4n) is 1.01. The topological polar surface area (TPSA) is 114 Å². The highest BCUT2D eigenvalue weighted by atomic mass is 15.2. The Morgan fingerprint density at radius 1 is 1.11 bits per heavy atom. The van der Waals surface area contributed by atoms with Crippen molar-refractivity contribution in [2.45, 2.75) is 0 Å². The molecule has 0 saturated carbocycles. The Kier molecular flexibility index (Phi) is 5.36. The van der Waals surface area contributed by atoms with Crippen LogP contribution in [0.5, 0.6) is 0 Å². The van der Waals surface area contributed by atoms with Gasteiger partial charge in [0.15, 0.2) is 5.84 Å². The van der Waals surface area contributed by atoms with Crippen LogP contribution in [0.1, 0.15) is 11.4 Å². The number of aromatic nitrogens is 2. The van der Waals surface area contributed by atoms with E-state index in [-0.39, 0.29) is 5.84 Å². The lowest BCUT2D eigenvalue weighted by molar-refractivity contribution is 1.19. The first kappa shape index (κ1) is 13.1. The van der Waals surface area contributed by atoms with E-state index < -0.39 is 0 Å². The van der Waals surface area contributed by atoms with E-state index in [0.717, 1.165) is 0 Å².